The van der Waals surface area contributed by atoms with E-state index in [4.69, 9.17) is 4.52 Å². The molecular weight excluding hydrogens is 239 g/mol. The fourth-order valence-corrected chi connectivity index (χ4v) is 2.25. The van der Waals surface area contributed by atoms with Crippen LogP contribution in [0.2, 0.25) is 0 Å². The van der Waals surface area contributed by atoms with Crippen molar-refractivity contribution in [3.63, 3.8) is 0 Å². The molecule has 1 atom stereocenters. The van der Waals surface area contributed by atoms with Crippen LogP contribution in [0.25, 0.3) is 6.08 Å². The Morgan fingerprint density at radius 3 is 2.33 bits per heavy atom. The lowest BCUT2D eigenvalue weighted by molar-refractivity contribution is 0.630. The zero-order valence-corrected chi connectivity index (χ0v) is 13.6. The van der Waals surface area contributed by atoms with Crippen LogP contribution in [0.5, 0.6) is 5.75 Å². The number of aryl methyl sites for hydroxylation is 1. The fraction of sp³-hybridized carbons (Fsp3) is 0.500. The Kier molecular flexibility index (Phi) is 8.75. The number of benzene rings is 1. The van der Waals surface area contributed by atoms with Crippen molar-refractivity contribution >= 4 is 14.9 Å². The molecule has 0 saturated heterocycles. The molecule has 0 radical (unpaired) electrons. The molecule has 0 spiro atoms. The normalized spacial score (nSPS) is 10.4. The van der Waals surface area contributed by atoms with E-state index in [9.17, 15) is 0 Å². The minimum absolute atomic E-state index is 0.476. The third-order valence-electron chi connectivity index (χ3n) is 2.71. The maximum absolute atomic E-state index is 5.66. The average Bonchev–Trinajstić information content (AvgIpc) is 2.40. The molecular formula is C16H27OP. The minimum atomic E-state index is 0.476. The van der Waals surface area contributed by atoms with Gasteiger partial charge in [0.25, 0.3) is 0 Å². The first kappa shape index (κ1) is 17.2. The molecule has 0 aromatic heterocycles. The van der Waals surface area contributed by atoms with Gasteiger partial charge in [0.05, 0.1) is 8.81 Å². The van der Waals surface area contributed by atoms with Crippen molar-refractivity contribution in [3.8, 4) is 5.75 Å². The Bertz CT molecular complexity index is 370. The molecule has 0 N–H and O–H groups in total. The standard InChI is InChI=1S/C14H21OP.C2H6/c1-6-11-9-14(15-16-5)12(7-2)8-13(11)10(3)4;1-2/h7-10,16H,2,6H2,1,3-5H3;1-2H3. The molecule has 0 bridgehead atoms. The van der Waals surface area contributed by atoms with E-state index < -0.39 is 0 Å². The van der Waals surface area contributed by atoms with E-state index in [0.29, 0.717) is 14.7 Å². The van der Waals surface area contributed by atoms with Gasteiger partial charge in [0.2, 0.25) is 0 Å². The lowest BCUT2D eigenvalue weighted by Gasteiger charge is -2.16. The van der Waals surface area contributed by atoms with Crippen molar-refractivity contribution in [1.29, 1.82) is 0 Å². The van der Waals surface area contributed by atoms with Crippen LogP contribution in [0.3, 0.4) is 0 Å². The third-order valence-corrected chi connectivity index (χ3v) is 3.13. The van der Waals surface area contributed by atoms with Crippen LogP contribution in [0.1, 0.15) is 57.2 Å². The van der Waals surface area contributed by atoms with Crippen molar-refractivity contribution < 1.29 is 4.52 Å². The molecule has 1 aromatic carbocycles. The van der Waals surface area contributed by atoms with Gasteiger partial charge >= 0.3 is 0 Å². The zero-order chi connectivity index (χ0) is 14.1. The molecule has 102 valence electrons. The summed E-state index contributed by atoms with van der Waals surface area (Å²) in [4.78, 5) is 0. The Balaban J connectivity index is 0.00000137. The molecule has 0 fully saturated rings. The number of rotatable bonds is 5. The highest BCUT2D eigenvalue weighted by Crippen LogP contribution is 2.31. The quantitative estimate of drug-likeness (QED) is 0.626. The highest BCUT2D eigenvalue weighted by Gasteiger charge is 2.10. The van der Waals surface area contributed by atoms with E-state index in [1.54, 1.807) is 0 Å². The average molecular weight is 266 g/mol. The number of hydrogen-bond acceptors (Lipinski definition) is 1. The SMILES string of the molecule is C=Cc1cc(C(C)C)c(CC)cc1OPC.CC. The van der Waals surface area contributed by atoms with Crippen LogP contribution in [0.4, 0.5) is 0 Å². The molecule has 0 saturated carbocycles. The van der Waals surface area contributed by atoms with Crippen LogP contribution in [0.15, 0.2) is 18.7 Å². The first-order valence-electron chi connectivity index (χ1n) is 6.76. The molecule has 0 heterocycles. The van der Waals surface area contributed by atoms with Crippen molar-refractivity contribution in [3.05, 3.63) is 35.4 Å². The van der Waals surface area contributed by atoms with E-state index in [1.807, 2.05) is 26.6 Å². The maximum atomic E-state index is 5.66. The molecule has 1 aromatic rings. The summed E-state index contributed by atoms with van der Waals surface area (Å²) in [6, 6.07) is 4.38. The highest BCUT2D eigenvalue weighted by atomic mass is 31.1. The van der Waals surface area contributed by atoms with Crippen molar-refractivity contribution in [2.24, 2.45) is 0 Å². The Morgan fingerprint density at radius 1 is 1.33 bits per heavy atom. The number of hydrogen-bond donors (Lipinski definition) is 0. The summed E-state index contributed by atoms with van der Waals surface area (Å²) < 4.78 is 5.66. The second-order valence-corrected chi connectivity index (χ2v) is 4.72. The van der Waals surface area contributed by atoms with Gasteiger partial charge in [0, 0.05) is 5.56 Å². The molecule has 1 nitrogen and oxygen atoms in total. The molecule has 18 heavy (non-hydrogen) atoms. The zero-order valence-electron chi connectivity index (χ0n) is 12.6. The van der Waals surface area contributed by atoms with E-state index in [0.717, 1.165) is 17.7 Å². The highest BCUT2D eigenvalue weighted by molar-refractivity contribution is 7.31. The summed E-state index contributed by atoms with van der Waals surface area (Å²) in [5.74, 6) is 1.52. The maximum Gasteiger partial charge on any atom is 0.130 e. The van der Waals surface area contributed by atoms with Crippen LogP contribution in [-0.4, -0.2) is 6.66 Å². The summed E-state index contributed by atoms with van der Waals surface area (Å²) in [5, 5.41) is 0. The van der Waals surface area contributed by atoms with Gasteiger partial charge in [-0.05, 0) is 42.3 Å². The van der Waals surface area contributed by atoms with Crippen molar-refractivity contribution in [2.75, 3.05) is 6.66 Å². The Hall–Kier alpha value is -0.810. The molecule has 0 aliphatic rings. The lowest BCUT2D eigenvalue weighted by atomic mass is 9.93. The van der Waals surface area contributed by atoms with Gasteiger partial charge in [-0.15, -0.1) is 0 Å². The second-order valence-electron chi connectivity index (χ2n) is 4.11. The summed E-state index contributed by atoms with van der Waals surface area (Å²) in [5.41, 5.74) is 3.90. The van der Waals surface area contributed by atoms with Gasteiger partial charge in [-0.1, -0.05) is 47.3 Å². The molecule has 0 aliphatic carbocycles. The first-order valence-corrected chi connectivity index (χ1v) is 8.17. The van der Waals surface area contributed by atoms with Crippen LogP contribution >= 0.6 is 8.81 Å². The predicted octanol–water partition coefficient (Wildman–Crippen LogP) is 5.64. The monoisotopic (exact) mass is 266 g/mol. The van der Waals surface area contributed by atoms with E-state index in [2.05, 4.69) is 39.5 Å². The van der Waals surface area contributed by atoms with E-state index in [-0.39, 0.29) is 0 Å². The van der Waals surface area contributed by atoms with Gasteiger partial charge in [-0.3, -0.25) is 0 Å². The van der Waals surface area contributed by atoms with Crippen LogP contribution in [-0.2, 0) is 6.42 Å². The summed E-state index contributed by atoms with van der Waals surface area (Å²) >= 11 is 0. The molecule has 1 unspecified atom stereocenters. The van der Waals surface area contributed by atoms with Crippen LogP contribution < -0.4 is 4.52 Å². The molecule has 1 rings (SSSR count). The summed E-state index contributed by atoms with van der Waals surface area (Å²) in [7, 11) is 0.476. The van der Waals surface area contributed by atoms with Crippen molar-refractivity contribution in [2.45, 2.75) is 47.0 Å². The largest absolute Gasteiger partial charge is 0.477 e. The Labute approximate surface area is 115 Å². The van der Waals surface area contributed by atoms with Gasteiger partial charge < -0.3 is 4.52 Å². The van der Waals surface area contributed by atoms with Crippen LogP contribution in [0, 0.1) is 0 Å². The third kappa shape index (κ3) is 4.46. The molecule has 0 amide bonds. The smallest absolute Gasteiger partial charge is 0.130 e. The minimum Gasteiger partial charge on any atom is -0.477 e. The fourth-order valence-electron chi connectivity index (χ4n) is 1.86. The van der Waals surface area contributed by atoms with Gasteiger partial charge in [-0.2, -0.15) is 0 Å². The van der Waals surface area contributed by atoms with Crippen molar-refractivity contribution in [1.82, 2.24) is 0 Å². The molecule has 0 aliphatic heterocycles. The molecule has 2 heteroatoms. The topological polar surface area (TPSA) is 9.23 Å². The second kappa shape index (κ2) is 9.16. The predicted molar refractivity (Wildman–Crippen MR) is 86.2 cm³/mol. The summed E-state index contributed by atoms with van der Waals surface area (Å²) in [6.07, 6.45) is 2.93. The van der Waals surface area contributed by atoms with Gasteiger partial charge in [0.15, 0.2) is 0 Å². The van der Waals surface area contributed by atoms with E-state index in [1.165, 1.54) is 11.1 Å². The first-order chi connectivity index (χ1) is 8.63. The summed E-state index contributed by atoms with van der Waals surface area (Å²) in [6.45, 7) is 16.5. The Morgan fingerprint density at radius 2 is 1.94 bits per heavy atom. The van der Waals surface area contributed by atoms with E-state index >= 15 is 0 Å². The van der Waals surface area contributed by atoms with Gasteiger partial charge in [0.1, 0.15) is 5.75 Å². The van der Waals surface area contributed by atoms with Gasteiger partial charge in [-0.25, -0.2) is 0 Å². The lowest BCUT2D eigenvalue weighted by Crippen LogP contribution is -1.97.